The van der Waals surface area contributed by atoms with Gasteiger partial charge in [-0.25, -0.2) is 4.79 Å². The van der Waals surface area contributed by atoms with Crippen LogP contribution in [0.4, 0.5) is 4.79 Å². The number of phenolic OH excluding ortho intramolecular Hbond substituents is 1. The maximum atomic E-state index is 12.5. The predicted octanol–water partition coefficient (Wildman–Crippen LogP) is 1.76. The molecule has 2 heterocycles. The van der Waals surface area contributed by atoms with Crippen molar-refractivity contribution in [3.05, 3.63) is 29.8 Å². The Balaban J connectivity index is 1.57. The molecule has 1 aromatic rings. The molecule has 3 amide bonds. The highest BCUT2D eigenvalue weighted by Crippen LogP contribution is 2.19. The molecule has 23 heavy (non-hydrogen) atoms. The summed E-state index contributed by atoms with van der Waals surface area (Å²) in [5.41, 5.74) is 0.323. The molecule has 0 unspecified atom stereocenters. The van der Waals surface area contributed by atoms with Gasteiger partial charge in [-0.15, -0.1) is 0 Å². The fourth-order valence-electron chi connectivity index (χ4n) is 3.21. The minimum Gasteiger partial charge on any atom is -0.507 e. The molecule has 0 atom stereocenters. The zero-order valence-corrected chi connectivity index (χ0v) is 13.3. The first-order valence-corrected chi connectivity index (χ1v) is 8.28. The summed E-state index contributed by atoms with van der Waals surface area (Å²) in [5, 5.41) is 9.80. The second kappa shape index (κ2) is 6.89. The number of carbonyl (C=O) groups is 2. The number of hydrogen-bond donors (Lipinski definition) is 1. The number of nitrogens with zero attached hydrogens (tertiary/aromatic N) is 3. The Morgan fingerprint density at radius 1 is 0.783 bits per heavy atom. The van der Waals surface area contributed by atoms with E-state index in [1.165, 1.54) is 12.5 Å². The van der Waals surface area contributed by atoms with Gasteiger partial charge >= 0.3 is 6.03 Å². The van der Waals surface area contributed by atoms with Gasteiger partial charge in [0.15, 0.2) is 0 Å². The molecular weight excluding hydrogens is 294 g/mol. The normalized spacial score (nSPS) is 18.9. The van der Waals surface area contributed by atoms with Crippen LogP contribution in [-0.4, -0.2) is 71.0 Å². The van der Waals surface area contributed by atoms with Gasteiger partial charge in [-0.05, 0) is 31.4 Å². The van der Waals surface area contributed by atoms with Crippen LogP contribution in [0.1, 0.15) is 29.6 Å². The zero-order chi connectivity index (χ0) is 16.2. The molecule has 0 aliphatic carbocycles. The third kappa shape index (κ3) is 3.41. The molecule has 0 bridgehead atoms. The lowest BCUT2D eigenvalue weighted by Crippen LogP contribution is -2.54. The smallest absolute Gasteiger partial charge is 0.320 e. The summed E-state index contributed by atoms with van der Waals surface area (Å²) < 4.78 is 0. The molecule has 124 valence electrons. The van der Waals surface area contributed by atoms with E-state index >= 15 is 0 Å². The summed E-state index contributed by atoms with van der Waals surface area (Å²) in [5.74, 6) is -0.169. The van der Waals surface area contributed by atoms with Crippen LogP contribution in [0, 0.1) is 0 Å². The van der Waals surface area contributed by atoms with Gasteiger partial charge in [-0.2, -0.15) is 0 Å². The van der Waals surface area contributed by atoms with Crippen molar-refractivity contribution in [3.63, 3.8) is 0 Å². The first-order chi connectivity index (χ1) is 11.2. The Bertz CT molecular complexity index is 576. The van der Waals surface area contributed by atoms with Crippen LogP contribution in [0.15, 0.2) is 24.3 Å². The summed E-state index contributed by atoms with van der Waals surface area (Å²) in [6.45, 7) is 3.80. The Morgan fingerprint density at radius 3 is 2.00 bits per heavy atom. The van der Waals surface area contributed by atoms with Gasteiger partial charge < -0.3 is 19.8 Å². The quantitative estimate of drug-likeness (QED) is 0.858. The number of piperidine rings is 1. The van der Waals surface area contributed by atoms with Crippen molar-refractivity contribution in [2.24, 2.45) is 0 Å². The van der Waals surface area contributed by atoms with Gasteiger partial charge in [-0.1, -0.05) is 12.1 Å². The van der Waals surface area contributed by atoms with E-state index in [1.807, 2.05) is 9.80 Å². The highest BCUT2D eigenvalue weighted by molar-refractivity contribution is 5.97. The first-order valence-electron chi connectivity index (χ1n) is 8.28. The fraction of sp³-hybridized carbons (Fsp3) is 0.529. The number of piperazine rings is 1. The molecule has 0 radical (unpaired) electrons. The molecule has 2 saturated heterocycles. The molecule has 6 nitrogen and oxygen atoms in total. The highest BCUT2D eigenvalue weighted by Gasteiger charge is 2.28. The van der Waals surface area contributed by atoms with Crippen molar-refractivity contribution in [3.8, 4) is 5.75 Å². The summed E-state index contributed by atoms with van der Waals surface area (Å²) in [6, 6.07) is 6.68. The molecular formula is C17H23N3O3. The Labute approximate surface area is 136 Å². The lowest BCUT2D eigenvalue weighted by Gasteiger charge is -2.38. The standard InChI is InChI=1S/C17H23N3O3/c21-15-7-3-2-6-14(15)16(22)18-10-12-20(13-11-18)17(23)19-8-4-1-5-9-19/h2-3,6-7,21H,1,4-5,8-13H2. The van der Waals surface area contributed by atoms with Crippen LogP contribution in [0.2, 0.25) is 0 Å². The minimum absolute atomic E-state index is 0.00400. The van der Waals surface area contributed by atoms with E-state index in [2.05, 4.69) is 0 Å². The Kier molecular flexibility index (Phi) is 4.69. The number of amides is 3. The van der Waals surface area contributed by atoms with Crippen LogP contribution in [0.25, 0.3) is 0 Å². The van der Waals surface area contributed by atoms with Gasteiger partial charge in [0.25, 0.3) is 5.91 Å². The largest absolute Gasteiger partial charge is 0.507 e. The van der Waals surface area contributed by atoms with Gasteiger partial charge in [0.2, 0.25) is 0 Å². The second-order valence-corrected chi connectivity index (χ2v) is 6.13. The third-order valence-corrected chi connectivity index (χ3v) is 4.60. The lowest BCUT2D eigenvalue weighted by atomic mass is 10.1. The van der Waals surface area contributed by atoms with Crippen molar-refractivity contribution in [1.82, 2.24) is 14.7 Å². The predicted molar refractivity (Wildman–Crippen MR) is 86.4 cm³/mol. The molecule has 2 fully saturated rings. The number of rotatable bonds is 1. The van der Waals surface area contributed by atoms with Crippen molar-refractivity contribution in [1.29, 1.82) is 0 Å². The van der Waals surface area contributed by atoms with Gasteiger partial charge in [0, 0.05) is 39.3 Å². The minimum atomic E-state index is -0.173. The maximum absolute atomic E-state index is 12.5. The molecule has 1 aromatic carbocycles. The third-order valence-electron chi connectivity index (χ3n) is 4.60. The summed E-state index contributed by atoms with van der Waals surface area (Å²) in [4.78, 5) is 30.4. The Morgan fingerprint density at radius 2 is 1.35 bits per heavy atom. The van der Waals surface area contributed by atoms with Crippen LogP contribution in [-0.2, 0) is 0 Å². The van der Waals surface area contributed by atoms with E-state index in [0.29, 0.717) is 31.7 Å². The summed E-state index contributed by atoms with van der Waals surface area (Å²) in [7, 11) is 0. The number of carbonyl (C=O) groups excluding carboxylic acids is 2. The molecule has 6 heteroatoms. The van der Waals surface area contributed by atoms with Crippen LogP contribution in [0.5, 0.6) is 5.75 Å². The van der Waals surface area contributed by atoms with E-state index < -0.39 is 0 Å². The molecule has 0 saturated carbocycles. The molecule has 1 N–H and O–H groups in total. The van der Waals surface area contributed by atoms with E-state index in [-0.39, 0.29) is 17.7 Å². The molecule has 2 aliphatic heterocycles. The average molecular weight is 317 g/mol. The monoisotopic (exact) mass is 317 g/mol. The van der Waals surface area contributed by atoms with E-state index in [0.717, 1.165) is 25.9 Å². The summed E-state index contributed by atoms with van der Waals surface area (Å²) in [6.07, 6.45) is 3.36. The molecule has 2 aliphatic rings. The van der Waals surface area contributed by atoms with Crippen LogP contribution in [0.3, 0.4) is 0 Å². The number of likely N-dealkylation sites (tertiary alicyclic amines) is 1. The van der Waals surface area contributed by atoms with Crippen LogP contribution < -0.4 is 0 Å². The van der Waals surface area contributed by atoms with E-state index in [1.54, 1.807) is 23.1 Å². The van der Waals surface area contributed by atoms with Crippen molar-refractivity contribution >= 4 is 11.9 Å². The highest BCUT2D eigenvalue weighted by atomic mass is 16.3. The van der Waals surface area contributed by atoms with Crippen molar-refractivity contribution < 1.29 is 14.7 Å². The number of phenols is 1. The van der Waals surface area contributed by atoms with Crippen LogP contribution >= 0.6 is 0 Å². The van der Waals surface area contributed by atoms with Gasteiger partial charge in [0.05, 0.1) is 5.56 Å². The number of para-hydroxylation sites is 1. The fourth-order valence-corrected chi connectivity index (χ4v) is 3.21. The number of aromatic hydroxyl groups is 1. The van der Waals surface area contributed by atoms with E-state index in [9.17, 15) is 14.7 Å². The maximum Gasteiger partial charge on any atom is 0.320 e. The number of hydrogen-bond acceptors (Lipinski definition) is 3. The number of benzene rings is 1. The SMILES string of the molecule is O=C(c1ccccc1O)N1CCN(C(=O)N2CCCCC2)CC1. The zero-order valence-electron chi connectivity index (χ0n) is 13.3. The van der Waals surface area contributed by atoms with Crippen molar-refractivity contribution in [2.45, 2.75) is 19.3 Å². The number of urea groups is 1. The molecule has 0 spiro atoms. The van der Waals surface area contributed by atoms with Gasteiger partial charge in [-0.3, -0.25) is 4.79 Å². The molecule has 0 aromatic heterocycles. The Hall–Kier alpha value is -2.24. The lowest BCUT2D eigenvalue weighted by molar-refractivity contribution is 0.0630. The first kappa shape index (κ1) is 15.6. The molecule has 3 rings (SSSR count). The second-order valence-electron chi connectivity index (χ2n) is 6.13. The van der Waals surface area contributed by atoms with Gasteiger partial charge in [0.1, 0.15) is 5.75 Å². The summed E-state index contributed by atoms with van der Waals surface area (Å²) >= 11 is 0. The van der Waals surface area contributed by atoms with E-state index in [4.69, 9.17) is 0 Å². The van der Waals surface area contributed by atoms with Crippen molar-refractivity contribution in [2.75, 3.05) is 39.3 Å². The average Bonchev–Trinajstić information content (AvgIpc) is 2.62. The topological polar surface area (TPSA) is 64.1 Å².